The summed E-state index contributed by atoms with van der Waals surface area (Å²) in [5, 5.41) is 16.6. The highest BCUT2D eigenvalue weighted by Crippen LogP contribution is 2.33. The Hall–Kier alpha value is -1.62. The Morgan fingerprint density at radius 3 is 1.53 bits per heavy atom. The Balaban J connectivity index is 1.94. The molecule has 4 nitrogen and oxygen atoms in total. The zero-order chi connectivity index (χ0) is 13.7. The van der Waals surface area contributed by atoms with E-state index >= 15 is 0 Å². The summed E-state index contributed by atoms with van der Waals surface area (Å²) in [6, 6.07) is 4.21. The van der Waals surface area contributed by atoms with Gasteiger partial charge in [-0.3, -0.25) is 0 Å². The van der Waals surface area contributed by atoms with E-state index in [1.54, 1.807) is 11.3 Å². The molecule has 0 aromatic carbocycles. The second-order valence-electron chi connectivity index (χ2n) is 5.99. The Labute approximate surface area is 116 Å². The summed E-state index contributed by atoms with van der Waals surface area (Å²) in [5.74, 6) is 0. The molecule has 0 unspecified atom stereocenters. The van der Waals surface area contributed by atoms with Crippen LogP contribution >= 0.6 is 11.3 Å². The molecule has 1 aromatic heterocycles. The molecule has 3 rings (SSSR count). The summed E-state index contributed by atoms with van der Waals surface area (Å²) in [7, 11) is 0. The lowest BCUT2D eigenvalue weighted by atomic mass is 9.88. The Morgan fingerprint density at radius 1 is 0.789 bits per heavy atom. The van der Waals surface area contributed by atoms with E-state index in [2.05, 4.69) is 60.2 Å². The van der Waals surface area contributed by atoms with E-state index in [1.165, 1.54) is 0 Å². The van der Waals surface area contributed by atoms with Crippen LogP contribution in [0.25, 0.3) is 0 Å². The fourth-order valence-corrected chi connectivity index (χ4v) is 3.48. The van der Waals surface area contributed by atoms with Crippen molar-refractivity contribution in [1.29, 1.82) is 0 Å². The highest BCUT2D eigenvalue weighted by Gasteiger charge is 2.32. The zero-order valence-electron chi connectivity index (χ0n) is 11.5. The van der Waals surface area contributed by atoms with Gasteiger partial charge in [0.25, 0.3) is 0 Å². The molecule has 3 heterocycles. The second kappa shape index (κ2) is 3.93. The minimum absolute atomic E-state index is 0.0916. The summed E-state index contributed by atoms with van der Waals surface area (Å²) in [4.78, 5) is 2.31. The lowest BCUT2D eigenvalue weighted by molar-refractivity contribution is 0.763. The van der Waals surface area contributed by atoms with Crippen molar-refractivity contribution in [2.45, 2.75) is 27.7 Å². The smallest absolute Gasteiger partial charge is 0.0912 e. The van der Waals surface area contributed by atoms with Gasteiger partial charge in [-0.1, -0.05) is 0 Å². The second-order valence-corrected chi connectivity index (χ2v) is 7.08. The Morgan fingerprint density at radius 2 is 1.21 bits per heavy atom. The van der Waals surface area contributed by atoms with Gasteiger partial charge in [-0.2, -0.15) is 20.4 Å². The van der Waals surface area contributed by atoms with Gasteiger partial charge in [0.15, 0.2) is 0 Å². The molecular formula is C14H16N4S. The van der Waals surface area contributed by atoms with Gasteiger partial charge in [-0.15, -0.1) is 11.3 Å². The van der Waals surface area contributed by atoms with Crippen LogP contribution in [0.4, 0.5) is 0 Å². The molecule has 5 heteroatoms. The van der Waals surface area contributed by atoms with E-state index in [1.807, 2.05) is 12.4 Å². The van der Waals surface area contributed by atoms with Gasteiger partial charge < -0.3 is 0 Å². The van der Waals surface area contributed by atoms with Crippen LogP contribution in [0, 0.1) is 10.8 Å². The largest absolute Gasteiger partial charge is 0.162 e. The van der Waals surface area contributed by atoms with E-state index in [-0.39, 0.29) is 10.8 Å². The molecule has 0 N–H and O–H groups in total. The predicted octanol–water partition coefficient (Wildman–Crippen LogP) is 3.38. The molecule has 0 spiro atoms. The number of hydrogen-bond donors (Lipinski definition) is 0. The molecule has 0 radical (unpaired) electrons. The van der Waals surface area contributed by atoms with Crippen molar-refractivity contribution >= 4 is 35.2 Å². The molecule has 0 saturated carbocycles. The quantitative estimate of drug-likeness (QED) is 0.792. The van der Waals surface area contributed by atoms with Gasteiger partial charge in [0.05, 0.1) is 21.2 Å². The van der Waals surface area contributed by atoms with Gasteiger partial charge in [0.1, 0.15) is 0 Å². The molecule has 0 atom stereocenters. The Kier molecular flexibility index (Phi) is 2.57. The molecule has 0 aliphatic carbocycles. The third kappa shape index (κ3) is 1.98. The Bertz CT molecular complexity index is 590. The van der Waals surface area contributed by atoms with Crippen LogP contribution in [0.15, 0.2) is 32.5 Å². The lowest BCUT2D eigenvalue weighted by Gasteiger charge is -2.16. The minimum Gasteiger partial charge on any atom is -0.162 e. The van der Waals surface area contributed by atoms with Crippen molar-refractivity contribution in [3.8, 4) is 0 Å². The van der Waals surface area contributed by atoms with Crippen LogP contribution in [-0.2, 0) is 0 Å². The van der Waals surface area contributed by atoms with Crippen LogP contribution in [0.5, 0.6) is 0 Å². The monoisotopic (exact) mass is 272 g/mol. The number of nitrogens with zero attached hydrogens (tertiary/aromatic N) is 4. The molecule has 98 valence electrons. The normalized spacial score (nSPS) is 22.7. The molecule has 19 heavy (non-hydrogen) atoms. The van der Waals surface area contributed by atoms with Crippen molar-refractivity contribution in [1.82, 2.24) is 0 Å². The third-order valence-electron chi connectivity index (χ3n) is 3.37. The van der Waals surface area contributed by atoms with Gasteiger partial charge in [0, 0.05) is 23.3 Å². The maximum Gasteiger partial charge on any atom is 0.0912 e. The molecule has 1 aromatic rings. The fourth-order valence-electron chi connectivity index (χ4n) is 2.17. The van der Waals surface area contributed by atoms with E-state index < -0.39 is 0 Å². The molecule has 2 aliphatic rings. The highest BCUT2D eigenvalue weighted by atomic mass is 32.1. The standard InChI is InChI=1S/C14H16N4S/c1-13(2)7-15-17-11(13)9-5-6-10(19-9)12-14(3,4)8-16-18-12/h5-8H,1-4H3. The van der Waals surface area contributed by atoms with Crippen LogP contribution in [0.1, 0.15) is 37.4 Å². The van der Waals surface area contributed by atoms with Crippen molar-refractivity contribution < 1.29 is 0 Å². The number of hydrogen-bond acceptors (Lipinski definition) is 5. The van der Waals surface area contributed by atoms with E-state index in [4.69, 9.17) is 0 Å². The summed E-state index contributed by atoms with van der Waals surface area (Å²) in [5.41, 5.74) is 1.87. The van der Waals surface area contributed by atoms with Crippen molar-refractivity contribution in [3.63, 3.8) is 0 Å². The summed E-state index contributed by atoms with van der Waals surface area (Å²) in [6.45, 7) is 8.51. The van der Waals surface area contributed by atoms with Crippen LogP contribution in [-0.4, -0.2) is 23.9 Å². The molecular weight excluding hydrogens is 256 g/mol. The van der Waals surface area contributed by atoms with Gasteiger partial charge in [-0.25, -0.2) is 0 Å². The number of thiophene rings is 1. The van der Waals surface area contributed by atoms with Crippen molar-refractivity contribution in [2.75, 3.05) is 0 Å². The van der Waals surface area contributed by atoms with Gasteiger partial charge >= 0.3 is 0 Å². The first-order valence-electron chi connectivity index (χ1n) is 6.26. The summed E-state index contributed by atoms with van der Waals surface area (Å²) < 4.78 is 0. The summed E-state index contributed by atoms with van der Waals surface area (Å²) >= 11 is 1.71. The molecule has 0 saturated heterocycles. The van der Waals surface area contributed by atoms with Gasteiger partial charge in [-0.05, 0) is 39.8 Å². The van der Waals surface area contributed by atoms with Crippen molar-refractivity contribution in [2.24, 2.45) is 31.2 Å². The van der Waals surface area contributed by atoms with E-state index in [0.29, 0.717) is 0 Å². The topological polar surface area (TPSA) is 49.4 Å². The lowest BCUT2D eigenvalue weighted by Crippen LogP contribution is -2.23. The van der Waals surface area contributed by atoms with Crippen LogP contribution in [0.3, 0.4) is 0 Å². The third-order valence-corrected chi connectivity index (χ3v) is 4.47. The average molecular weight is 272 g/mol. The first-order chi connectivity index (χ1) is 8.90. The first kappa shape index (κ1) is 12.4. The first-order valence-corrected chi connectivity index (χ1v) is 7.08. The molecule has 2 aliphatic heterocycles. The predicted molar refractivity (Wildman–Crippen MR) is 81.9 cm³/mol. The maximum atomic E-state index is 4.26. The molecule has 0 amide bonds. The SMILES string of the molecule is CC1(C)C=NN=C1c1ccc(C2=NN=CC2(C)C)s1. The summed E-state index contributed by atoms with van der Waals surface area (Å²) in [6.07, 6.45) is 3.78. The van der Waals surface area contributed by atoms with E-state index in [9.17, 15) is 0 Å². The zero-order valence-corrected chi connectivity index (χ0v) is 12.3. The van der Waals surface area contributed by atoms with E-state index in [0.717, 1.165) is 21.2 Å². The van der Waals surface area contributed by atoms with Crippen LogP contribution in [0.2, 0.25) is 0 Å². The van der Waals surface area contributed by atoms with Crippen molar-refractivity contribution in [3.05, 3.63) is 21.9 Å². The fraction of sp³-hybridized carbons (Fsp3) is 0.429. The number of rotatable bonds is 2. The highest BCUT2D eigenvalue weighted by molar-refractivity contribution is 7.16. The van der Waals surface area contributed by atoms with Crippen LogP contribution < -0.4 is 0 Å². The average Bonchev–Trinajstić information content (AvgIpc) is 2.96. The minimum atomic E-state index is -0.0916. The molecule has 0 fully saturated rings. The maximum absolute atomic E-state index is 4.26. The molecule has 0 bridgehead atoms. The van der Waals surface area contributed by atoms with Gasteiger partial charge in [0.2, 0.25) is 0 Å².